The molecule has 1 aromatic carbocycles. The highest BCUT2D eigenvalue weighted by atomic mass is 16.5. The Labute approximate surface area is 148 Å². The molecule has 3 atom stereocenters. The van der Waals surface area contributed by atoms with Crippen molar-refractivity contribution >= 4 is 5.78 Å². The first-order valence-corrected chi connectivity index (χ1v) is 9.10. The summed E-state index contributed by atoms with van der Waals surface area (Å²) in [4.78, 5) is 13.0. The molecule has 25 heavy (non-hydrogen) atoms. The van der Waals surface area contributed by atoms with Gasteiger partial charge in [-0.1, -0.05) is 20.8 Å². The fourth-order valence-corrected chi connectivity index (χ4v) is 5.52. The largest absolute Gasteiger partial charge is 0.507 e. The number of benzene rings is 1. The molecular weight excluding hydrogens is 320 g/mol. The van der Waals surface area contributed by atoms with Crippen LogP contribution in [0, 0.1) is 11.3 Å². The van der Waals surface area contributed by atoms with Gasteiger partial charge < -0.3 is 19.7 Å². The number of ether oxygens (including phenoxy) is 2. The number of ketones is 1. The number of phenols is 2. The first kappa shape index (κ1) is 16.7. The average molecular weight is 346 g/mol. The van der Waals surface area contributed by atoms with Gasteiger partial charge in [-0.05, 0) is 30.6 Å². The number of Topliss-reactive ketones (excluding diaryl/α,β-unsaturated/α-hetero) is 1. The Kier molecular flexibility index (Phi) is 3.43. The number of aromatic hydroxyl groups is 2. The highest BCUT2D eigenvalue weighted by molar-refractivity contribution is 6.04. The predicted molar refractivity (Wildman–Crippen MR) is 92.4 cm³/mol. The summed E-state index contributed by atoms with van der Waals surface area (Å²) in [6.45, 7) is 6.56. The zero-order chi connectivity index (χ0) is 18.1. The Bertz CT molecular complexity index is 768. The van der Waals surface area contributed by atoms with E-state index in [1.165, 1.54) is 7.11 Å². The third kappa shape index (κ3) is 1.90. The second kappa shape index (κ2) is 5.13. The highest BCUT2D eigenvalue weighted by Crippen LogP contribution is 2.66. The maximum Gasteiger partial charge on any atom is 0.168 e. The molecule has 136 valence electrons. The fraction of sp³-hybridized carbons (Fsp3) is 0.650. The van der Waals surface area contributed by atoms with Gasteiger partial charge in [0.1, 0.15) is 11.4 Å². The van der Waals surface area contributed by atoms with Crippen LogP contribution in [0.15, 0.2) is 0 Å². The molecule has 1 aromatic rings. The van der Waals surface area contributed by atoms with Gasteiger partial charge in [-0.2, -0.15) is 0 Å². The lowest BCUT2D eigenvalue weighted by Gasteiger charge is -2.47. The van der Waals surface area contributed by atoms with Crippen LogP contribution in [0.5, 0.6) is 17.2 Å². The molecule has 2 fully saturated rings. The van der Waals surface area contributed by atoms with Gasteiger partial charge in [-0.15, -0.1) is 0 Å². The number of hydrogen-bond donors (Lipinski definition) is 2. The molecular formula is C20H26O5. The summed E-state index contributed by atoms with van der Waals surface area (Å²) in [6.07, 6.45) is 3.12. The number of carbonyl (C=O) groups is 1. The Morgan fingerprint density at radius 2 is 1.96 bits per heavy atom. The topological polar surface area (TPSA) is 76.0 Å². The molecule has 0 spiro atoms. The molecule has 1 saturated carbocycles. The molecule has 5 heteroatoms. The zero-order valence-electron chi connectivity index (χ0n) is 15.3. The van der Waals surface area contributed by atoms with Crippen LogP contribution in [0.4, 0.5) is 0 Å². The number of hydrogen-bond acceptors (Lipinski definition) is 5. The smallest absolute Gasteiger partial charge is 0.168 e. The Hall–Kier alpha value is -1.75. The summed E-state index contributed by atoms with van der Waals surface area (Å²) in [6, 6.07) is 0. The number of fused-ring (bicyclic) bond motifs is 1. The first-order valence-electron chi connectivity index (χ1n) is 9.10. The molecule has 0 aromatic heterocycles. The fourth-order valence-electron chi connectivity index (χ4n) is 5.52. The van der Waals surface area contributed by atoms with Gasteiger partial charge in [0.25, 0.3) is 0 Å². The van der Waals surface area contributed by atoms with E-state index in [9.17, 15) is 15.0 Å². The third-order valence-electron chi connectivity index (χ3n) is 6.67. The quantitative estimate of drug-likeness (QED) is 0.796. The molecule has 2 aliphatic carbocycles. The second-order valence-electron chi connectivity index (χ2n) is 8.41. The molecule has 0 amide bonds. The first-order chi connectivity index (χ1) is 11.8. The van der Waals surface area contributed by atoms with E-state index >= 15 is 0 Å². The van der Waals surface area contributed by atoms with Crippen LogP contribution in [0.2, 0.25) is 0 Å². The number of carbonyl (C=O) groups excluding carboxylic acids is 1. The molecule has 4 rings (SSSR count). The van der Waals surface area contributed by atoms with Crippen LogP contribution >= 0.6 is 0 Å². The monoisotopic (exact) mass is 346 g/mol. The molecule has 3 aliphatic rings. The van der Waals surface area contributed by atoms with Crippen LogP contribution in [0.3, 0.4) is 0 Å². The van der Waals surface area contributed by atoms with Gasteiger partial charge >= 0.3 is 0 Å². The number of rotatable bonds is 2. The Morgan fingerprint density at radius 1 is 1.24 bits per heavy atom. The molecule has 0 radical (unpaired) electrons. The van der Waals surface area contributed by atoms with Gasteiger partial charge in [0.15, 0.2) is 17.3 Å². The van der Waals surface area contributed by atoms with E-state index in [1.807, 2.05) is 13.8 Å². The van der Waals surface area contributed by atoms with Crippen molar-refractivity contribution in [2.75, 3.05) is 13.7 Å². The van der Waals surface area contributed by atoms with E-state index in [4.69, 9.17) is 9.47 Å². The average Bonchev–Trinajstić information content (AvgIpc) is 2.72. The van der Waals surface area contributed by atoms with Gasteiger partial charge in [-0.25, -0.2) is 0 Å². The van der Waals surface area contributed by atoms with Crippen molar-refractivity contribution in [3.63, 3.8) is 0 Å². The summed E-state index contributed by atoms with van der Waals surface area (Å²) in [7, 11) is 1.48. The molecule has 1 aliphatic heterocycles. The minimum absolute atomic E-state index is 0.0358. The molecule has 2 N–H and O–H groups in total. The molecule has 1 heterocycles. The van der Waals surface area contributed by atoms with E-state index in [0.29, 0.717) is 24.2 Å². The van der Waals surface area contributed by atoms with E-state index < -0.39 is 5.60 Å². The lowest BCUT2D eigenvalue weighted by atomic mass is 9.56. The zero-order valence-corrected chi connectivity index (χ0v) is 15.3. The van der Waals surface area contributed by atoms with Crippen molar-refractivity contribution in [3.8, 4) is 17.2 Å². The summed E-state index contributed by atoms with van der Waals surface area (Å²) < 4.78 is 11.8. The van der Waals surface area contributed by atoms with Gasteiger partial charge in [0.2, 0.25) is 0 Å². The molecule has 5 nitrogen and oxygen atoms in total. The van der Waals surface area contributed by atoms with E-state index in [1.54, 1.807) is 0 Å². The van der Waals surface area contributed by atoms with Crippen molar-refractivity contribution in [2.45, 2.75) is 58.0 Å². The third-order valence-corrected chi connectivity index (χ3v) is 6.67. The highest BCUT2D eigenvalue weighted by Gasteiger charge is 2.63. The van der Waals surface area contributed by atoms with Crippen LogP contribution in [-0.2, 0) is 10.3 Å². The van der Waals surface area contributed by atoms with Gasteiger partial charge in [0.05, 0.1) is 19.3 Å². The van der Waals surface area contributed by atoms with Crippen molar-refractivity contribution in [2.24, 2.45) is 11.3 Å². The SMILES string of the molecule is COc1c(O)c2c(c(O)c1C(C)C)C(=O)CC1C3(C)CCCC21OC3. The number of methoxy groups -OCH3 is 1. The van der Waals surface area contributed by atoms with Gasteiger partial charge in [-0.3, -0.25) is 4.79 Å². The second-order valence-corrected chi connectivity index (χ2v) is 8.41. The van der Waals surface area contributed by atoms with E-state index in [2.05, 4.69) is 6.92 Å². The lowest BCUT2D eigenvalue weighted by molar-refractivity contribution is -0.0479. The van der Waals surface area contributed by atoms with Crippen LogP contribution in [-0.4, -0.2) is 29.7 Å². The van der Waals surface area contributed by atoms with Crippen LogP contribution < -0.4 is 4.74 Å². The Balaban J connectivity index is 2.07. The predicted octanol–water partition coefficient (Wildman–Crippen LogP) is 3.85. The molecule has 1 saturated heterocycles. The van der Waals surface area contributed by atoms with Crippen LogP contribution in [0.25, 0.3) is 0 Å². The molecule has 3 unspecified atom stereocenters. The minimum atomic E-state index is -0.694. The summed E-state index contributed by atoms with van der Waals surface area (Å²) in [5.74, 6) is 0.0100. The van der Waals surface area contributed by atoms with Crippen LogP contribution in [0.1, 0.15) is 73.9 Å². The van der Waals surface area contributed by atoms with Crippen molar-refractivity contribution in [1.29, 1.82) is 0 Å². The summed E-state index contributed by atoms with van der Waals surface area (Å²) in [5, 5.41) is 22.0. The van der Waals surface area contributed by atoms with Gasteiger partial charge in [0, 0.05) is 23.5 Å². The standard InChI is InChI=1S/C20H26O5/c1-10(2)13-16(22)14-11(21)8-12-19(3)6-5-7-20(12,25-9-19)15(14)17(23)18(13)24-4/h10,12,22-23H,5-9H2,1-4H3. The van der Waals surface area contributed by atoms with Crippen molar-refractivity contribution < 1.29 is 24.5 Å². The maximum absolute atomic E-state index is 13.0. The minimum Gasteiger partial charge on any atom is -0.507 e. The lowest BCUT2D eigenvalue weighted by Crippen LogP contribution is -2.46. The summed E-state index contributed by atoms with van der Waals surface area (Å²) in [5.41, 5.74) is 0.428. The number of phenolic OH excluding ortho intramolecular Hbond substituents is 2. The summed E-state index contributed by atoms with van der Waals surface area (Å²) >= 11 is 0. The van der Waals surface area contributed by atoms with Crippen molar-refractivity contribution in [1.82, 2.24) is 0 Å². The van der Waals surface area contributed by atoms with E-state index in [-0.39, 0.29) is 45.8 Å². The van der Waals surface area contributed by atoms with Crippen molar-refractivity contribution in [3.05, 3.63) is 16.7 Å². The van der Waals surface area contributed by atoms with E-state index in [0.717, 1.165) is 19.3 Å². The maximum atomic E-state index is 13.0. The normalized spacial score (nSPS) is 33.3. The Morgan fingerprint density at radius 3 is 2.60 bits per heavy atom. The molecule has 2 bridgehead atoms.